The summed E-state index contributed by atoms with van der Waals surface area (Å²) in [6.45, 7) is 0.261. The number of halogens is 1. The van der Waals surface area contributed by atoms with Gasteiger partial charge in [0.15, 0.2) is 0 Å². The second-order valence-electron chi connectivity index (χ2n) is 6.44. The molecule has 0 bridgehead atoms. The first-order valence-corrected chi connectivity index (χ1v) is 9.23. The van der Waals surface area contributed by atoms with Crippen LogP contribution in [0.2, 0.25) is 0 Å². The van der Waals surface area contributed by atoms with E-state index in [2.05, 4.69) is 16.0 Å². The zero-order valence-electron chi connectivity index (χ0n) is 16.1. The molecule has 30 heavy (non-hydrogen) atoms. The number of hydrogen-bond acceptors (Lipinski definition) is 5. The van der Waals surface area contributed by atoms with Gasteiger partial charge in [0.05, 0.1) is 6.04 Å². The predicted octanol–water partition coefficient (Wildman–Crippen LogP) is 0.911. The van der Waals surface area contributed by atoms with Crippen LogP contribution >= 0.6 is 0 Å². The Labute approximate surface area is 171 Å². The largest absolute Gasteiger partial charge is 0.481 e. The number of urea groups is 1. The Bertz CT molecular complexity index is 755. The molecule has 1 rings (SSSR count). The average molecular weight is 425 g/mol. The molecule has 0 fully saturated rings. The Kier molecular flexibility index (Phi) is 10.5. The smallest absolute Gasteiger partial charge is 0.326 e. The number of hydrogen-bond donors (Lipinski definition) is 5. The average Bonchev–Trinajstić information content (AvgIpc) is 2.69. The number of nitrogens with one attached hydrogen (secondary N) is 3. The third-order valence-electron chi connectivity index (χ3n) is 4.06. The van der Waals surface area contributed by atoms with Gasteiger partial charge in [0.25, 0.3) is 5.91 Å². The number of benzene rings is 1. The number of aldehydes is 1. The molecule has 5 N–H and O–H groups in total. The van der Waals surface area contributed by atoms with Gasteiger partial charge in [-0.3, -0.25) is 9.59 Å². The van der Waals surface area contributed by atoms with E-state index in [0.717, 1.165) is 0 Å². The fraction of sp³-hybridized carbons (Fsp3) is 0.421. The maximum Gasteiger partial charge on any atom is 0.326 e. The van der Waals surface area contributed by atoms with Gasteiger partial charge in [-0.15, -0.1) is 0 Å². The van der Waals surface area contributed by atoms with Crippen LogP contribution in [-0.4, -0.2) is 59.0 Å². The van der Waals surface area contributed by atoms with Crippen molar-refractivity contribution < 1.29 is 38.6 Å². The molecule has 0 aromatic heterocycles. The van der Waals surface area contributed by atoms with Gasteiger partial charge >= 0.3 is 18.0 Å². The van der Waals surface area contributed by atoms with Gasteiger partial charge in [-0.2, -0.15) is 0 Å². The highest BCUT2D eigenvalue weighted by atomic mass is 19.1. The first kappa shape index (κ1) is 24.5. The van der Waals surface area contributed by atoms with Crippen molar-refractivity contribution in [2.75, 3.05) is 6.54 Å². The van der Waals surface area contributed by atoms with Crippen molar-refractivity contribution in [1.29, 1.82) is 0 Å². The lowest BCUT2D eigenvalue weighted by Crippen LogP contribution is -2.49. The van der Waals surface area contributed by atoms with Crippen LogP contribution in [-0.2, 0) is 14.4 Å². The molecule has 1 aromatic carbocycles. The van der Waals surface area contributed by atoms with E-state index in [-0.39, 0.29) is 31.7 Å². The summed E-state index contributed by atoms with van der Waals surface area (Å²) in [5.74, 6) is -3.24. The van der Waals surface area contributed by atoms with Gasteiger partial charge in [-0.05, 0) is 49.9 Å². The number of unbranched alkanes of at least 4 members (excludes halogenated alkanes) is 1. The molecule has 0 aliphatic heterocycles. The maximum atomic E-state index is 12.8. The van der Waals surface area contributed by atoms with E-state index in [1.54, 1.807) is 0 Å². The van der Waals surface area contributed by atoms with Gasteiger partial charge < -0.3 is 31.0 Å². The van der Waals surface area contributed by atoms with Crippen molar-refractivity contribution in [3.63, 3.8) is 0 Å². The maximum absolute atomic E-state index is 12.8. The Morgan fingerprint density at radius 3 is 2.23 bits per heavy atom. The molecule has 0 saturated heterocycles. The van der Waals surface area contributed by atoms with Gasteiger partial charge in [0.2, 0.25) is 0 Å². The second-order valence-corrected chi connectivity index (χ2v) is 6.44. The van der Waals surface area contributed by atoms with E-state index >= 15 is 0 Å². The number of carbonyl (C=O) groups excluding carboxylic acids is 3. The summed E-state index contributed by atoms with van der Waals surface area (Å²) in [6.07, 6.45) is 0.832. The van der Waals surface area contributed by atoms with Crippen molar-refractivity contribution in [2.45, 2.75) is 44.2 Å². The second kappa shape index (κ2) is 12.9. The summed E-state index contributed by atoms with van der Waals surface area (Å²) in [6, 6.07) is 1.86. The summed E-state index contributed by atoms with van der Waals surface area (Å²) in [7, 11) is 0. The molecule has 10 nitrogen and oxygen atoms in total. The van der Waals surface area contributed by atoms with Crippen LogP contribution < -0.4 is 16.0 Å². The molecule has 164 valence electrons. The highest BCUT2D eigenvalue weighted by Crippen LogP contribution is 2.04. The van der Waals surface area contributed by atoms with Crippen molar-refractivity contribution >= 4 is 30.2 Å². The van der Waals surface area contributed by atoms with Gasteiger partial charge in [-0.1, -0.05) is 0 Å². The zero-order valence-corrected chi connectivity index (χ0v) is 16.1. The van der Waals surface area contributed by atoms with E-state index in [1.165, 1.54) is 24.3 Å². The van der Waals surface area contributed by atoms with E-state index in [9.17, 15) is 33.5 Å². The first-order valence-electron chi connectivity index (χ1n) is 9.23. The quantitative estimate of drug-likeness (QED) is 0.232. The molecule has 0 aliphatic carbocycles. The van der Waals surface area contributed by atoms with E-state index in [0.29, 0.717) is 24.7 Å². The third kappa shape index (κ3) is 9.62. The molecular formula is C19H24FN3O7. The highest BCUT2D eigenvalue weighted by molar-refractivity contribution is 5.94. The summed E-state index contributed by atoms with van der Waals surface area (Å²) >= 11 is 0. The molecule has 0 heterocycles. The Morgan fingerprint density at radius 1 is 1.00 bits per heavy atom. The zero-order chi connectivity index (χ0) is 22.5. The Morgan fingerprint density at radius 2 is 1.67 bits per heavy atom. The van der Waals surface area contributed by atoms with Gasteiger partial charge in [0, 0.05) is 18.5 Å². The van der Waals surface area contributed by atoms with Gasteiger partial charge in [0.1, 0.15) is 18.1 Å². The topological polar surface area (TPSA) is 162 Å². The molecule has 0 radical (unpaired) electrons. The van der Waals surface area contributed by atoms with Crippen molar-refractivity contribution in [2.24, 2.45) is 0 Å². The number of rotatable bonds is 13. The molecule has 3 amide bonds. The van der Waals surface area contributed by atoms with Crippen molar-refractivity contribution in [3.8, 4) is 0 Å². The molecule has 2 unspecified atom stereocenters. The molecule has 11 heteroatoms. The number of aliphatic carboxylic acids is 2. The summed E-state index contributed by atoms with van der Waals surface area (Å²) in [4.78, 5) is 56.4. The lowest BCUT2D eigenvalue weighted by atomic mass is 10.1. The summed E-state index contributed by atoms with van der Waals surface area (Å²) < 4.78 is 12.8. The monoisotopic (exact) mass is 425 g/mol. The normalized spacial score (nSPS) is 12.3. The highest BCUT2D eigenvalue weighted by Gasteiger charge is 2.21. The van der Waals surface area contributed by atoms with E-state index < -0.39 is 35.9 Å². The number of amides is 3. The number of carboxylic acids is 2. The fourth-order valence-electron chi connectivity index (χ4n) is 2.46. The lowest BCUT2D eigenvalue weighted by molar-refractivity contribution is -0.139. The van der Waals surface area contributed by atoms with Crippen LogP contribution in [0.25, 0.3) is 0 Å². The Hall–Kier alpha value is -3.50. The molecule has 0 aliphatic rings. The molecule has 2 atom stereocenters. The molecule has 0 spiro atoms. The minimum absolute atomic E-state index is 0.0794. The number of carboxylic acid groups (broad SMARTS) is 2. The van der Waals surface area contributed by atoms with Crippen LogP contribution in [0.15, 0.2) is 24.3 Å². The van der Waals surface area contributed by atoms with Crippen LogP contribution in [0.1, 0.15) is 42.5 Å². The van der Waals surface area contributed by atoms with Crippen LogP contribution in [0.4, 0.5) is 9.18 Å². The minimum atomic E-state index is -1.27. The van der Waals surface area contributed by atoms with Gasteiger partial charge in [-0.25, -0.2) is 14.0 Å². The summed E-state index contributed by atoms with van der Waals surface area (Å²) in [5.41, 5.74) is 0.297. The standard InChI is InChI=1S/C19H24FN3O7/c20-13-6-4-12(5-7-13)17(27)21-10-2-1-3-15(18(28)29)23-19(30)22-14(11-24)8-9-16(25)26/h4-7,11,14-15H,1-3,8-10H2,(H,21,27)(H,25,26)(H,28,29)(H2,22,23,30). The third-order valence-corrected chi connectivity index (χ3v) is 4.06. The molecular weight excluding hydrogens is 401 g/mol. The van der Waals surface area contributed by atoms with Crippen molar-refractivity contribution in [1.82, 2.24) is 16.0 Å². The summed E-state index contributed by atoms with van der Waals surface area (Å²) in [5, 5.41) is 24.9. The van der Waals surface area contributed by atoms with Crippen LogP contribution in [0, 0.1) is 5.82 Å². The van der Waals surface area contributed by atoms with Crippen molar-refractivity contribution in [3.05, 3.63) is 35.6 Å². The minimum Gasteiger partial charge on any atom is -0.481 e. The Balaban J connectivity index is 2.36. The molecule has 1 aromatic rings. The predicted molar refractivity (Wildman–Crippen MR) is 102 cm³/mol. The van der Waals surface area contributed by atoms with E-state index in [4.69, 9.17) is 5.11 Å². The number of carbonyl (C=O) groups is 5. The molecule has 0 saturated carbocycles. The van der Waals surface area contributed by atoms with E-state index in [1.807, 2.05) is 0 Å². The van der Waals surface area contributed by atoms with Crippen LogP contribution in [0.3, 0.4) is 0 Å². The van der Waals surface area contributed by atoms with Crippen LogP contribution in [0.5, 0.6) is 0 Å². The first-order chi connectivity index (χ1) is 14.2. The fourth-order valence-corrected chi connectivity index (χ4v) is 2.46. The lowest BCUT2D eigenvalue weighted by Gasteiger charge is -2.17. The SMILES string of the molecule is O=CC(CCC(=O)O)NC(=O)NC(CCCCNC(=O)c1ccc(F)cc1)C(=O)O.